The number of likely N-dealkylation sites (tertiary alicyclic amines) is 1. The lowest BCUT2D eigenvalue weighted by molar-refractivity contribution is 0.0521. The highest BCUT2D eigenvalue weighted by atomic mass is 35.5. The summed E-state index contributed by atoms with van der Waals surface area (Å²) in [4.78, 5) is 14.7. The van der Waals surface area contributed by atoms with E-state index in [4.69, 9.17) is 27.9 Å². The normalized spacial score (nSPS) is 24.8. The van der Waals surface area contributed by atoms with E-state index in [9.17, 15) is 4.79 Å². The molecule has 3 rings (SSSR count). The van der Waals surface area contributed by atoms with Gasteiger partial charge in [0.2, 0.25) is 0 Å². The molecule has 120 valence electrons. The van der Waals surface area contributed by atoms with Crippen LogP contribution in [0.2, 0.25) is 10.0 Å². The van der Waals surface area contributed by atoms with Crippen molar-refractivity contribution in [3.05, 3.63) is 27.7 Å². The van der Waals surface area contributed by atoms with Gasteiger partial charge in [0.25, 0.3) is 5.91 Å². The largest absolute Gasteiger partial charge is 0.494 e. The molecule has 1 heterocycles. The Hall–Kier alpha value is -0.930. The summed E-state index contributed by atoms with van der Waals surface area (Å²) < 4.78 is 5.14. The molecule has 0 bridgehead atoms. The maximum atomic E-state index is 12.7. The van der Waals surface area contributed by atoms with Gasteiger partial charge in [-0.25, -0.2) is 0 Å². The van der Waals surface area contributed by atoms with E-state index < -0.39 is 0 Å². The molecule has 1 saturated heterocycles. The minimum atomic E-state index is 0.0236. The van der Waals surface area contributed by atoms with Crippen LogP contribution in [0.3, 0.4) is 0 Å². The number of ether oxygens (including phenoxy) is 1. The first-order valence-electron chi connectivity index (χ1n) is 7.92. The summed E-state index contributed by atoms with van der Waals surface area (Å²) in [6.07, 6.45) is 6.34. The van der Waals surface area contributed by atoms with E-state index in [-0.39, 0.29) is 5.91 Å². The third kappa shape index (κ3) is 3.07. The van der Waals surface area contributed by atoms with Crippen LogP contribution in [-0.2, 0) is 0 Å². The molecule has 3 nitrogen and oxygen atoms in total. The fourth-order valence-electron chi connectivity index (χ4n) is 3.85. The van der Waals surface area contributed by atoms with Crippen molar-refractivity contribution in [3.63, 3.8) is 0 Å². The van der Waals surface area contributed by atoms with Gasteiger partial charge >= 0.3 is 0 Å². The molecule has 0 spiro atoms. The molecule has 2 fully saturated rings. The number of fused-ring (bicyclic) bond motifs is 1. The molecule has 1 aliphatic carbocycles. The fraction of sp³-hybridized carbons (Fsp3) is 0.588. The smallest absolute Gasteiger partial charge is 0.253 e. The molecule has 0 N–H and O–H groups in total. The fourth-order valence-corrected chi connectivity index (χ4v) is 4.49. The monoisotopic (exact) mass is 341 g/mol. The first-order valence-corrected chi connectivity index (χ1v) is 8.68. The number of carbonyl (C=O) groups excluding carboxylic acids is 1. The Morgan fingerprint density at radius 2 is 1.77 bits per heavy atom. The van der Waals surface area contributed by atoms with Gasteiger partial charge in [-0.05, 0) is 36.8 Å². The summed E-state index contributed by atoms with van der Waals surface area (Å²) in [7, 11) is 1.52. The zero-order chi connectivity index (χ0) is 15.7. The van der Waals surface area contributed by atoms with E-state index in [1.54, 1.807) is 12.1 Å². The number of carbonyl (C=O) groups is 1. The average molecular weight is 342 g/mol. The highest BCUT2D eigenvalue weighted by molar-refractivity contribution is 6.37. The number of halogens is 2. The summed E-state index contributed by atoms with van der Waals surface area (Å²) in [6, 6.07) is 3.31. The number of amides is 1. The Bertz CT molecular complexity index is 553. The molecule has 0 radical (unpaired) electrons. The van der Waals surface area contributed by atoms with E-state index in [2.05, 4.69) is 0 Å². The number of rotatable bonds is 2. The second-order valence-electron chi connectivity index (χ2n) is 6.32. The number of benzene rings is 1. The second-order valence-corrected chi connectivity index (χ2v) is 7.13. The van der Waals surface area contributed by atoms with Crippen LogP contribution in [0.4, 0.5) is 0 Å². The predicted molar refractivity (Wildman–Crippen MR) is 89.0 cm³/mol. The van der Waals surface area contributed by atoms with Crippen LogP contribution in [0, 0.1) is 11.8 Å². The van der Waals surface area contributed by atoms with Crippen LogP contribution in [0.1, 0.15) is 42.5 Å². The first kappa shape index (κ1) is 15.9. The van der Waals surface area contributed by atoms with Crippen molar-refractivity contribution in [2.75, 3.05) is 20.2 Å². The van der Waals surface area contributed by atoms with Crippen molar-refractivity contribution in [3.8, 4) is 5.75 Å². The summed E-state index contributed by atoms with van der Waals surface area (Å²) in [6.45, 7) is 1.70. The van der Waals surface area contributed by atoms with Crippen LogP contribution < -0.4 is 4.74 Å². The Balaban J connectivity index is 1.76. The summed E-state index contributed by atoms with van der Waals surface area (Å²) in [5, 5.41) is 0.761. The van der Waals surface area contributed by atoms with E-state index in [1.807, 2.05) is 4.90 Å². The van der Waals surface area contributed by atoms with Gasteiger partial charge in [-0.1, -0.05) is 42.5 Å². The molecule has 2 atom stereocenters. The quantitative estimate of drug-likeness (QED) is 0.783. The van der Waals surface area contributed by atoms with Gasteiger partial charge in [0.05, 0.1) is 17.2 Å². The van der Waals surface area contributed by atoms with Gasteiger partial charge in [-0.2, -0.15) is 0 Å². The number of piperidine rings is 1. The molecular weight excluding hydrogens is 321 g/mol. The maximum absolute atomic E-state index is 12.7. The van der Waals surface area contributed by atoms with Gasteiger partial charge in [0, 0.05) is 18.7 Å². The van der Waals surface area contributed by atoms with Crippen molar-refractivity contribution in [1.82, 2.24) is 4.90 Å². The lowest BCUT2D eigenvalue weighted by atomic mass is 9.75. The minimum absolute atomic E-state index is 0.0236. The number of hydrogen-bond acceptors (Lipinski definition) is 2. The predicted octanol–water partition coefficient (Wildman–Crippen LogP) is 4.65. The zero-order valence-corrected chi connectivity index (χ0v) is 14.3. The summed E-state index contributed by atoms with van der Waals surface area (Å²) >= 11 is 12.3. The average Bonchev–Trinajstić information content (AvgIpc) is 2.53. The van der Waals surface area contributed by atoms with E-state index in [0.29, 0.717) is 27.3 Å². The molecule has 0 aromatic heterocycles. The van der Waals surface area contributed by atoms with Gasteiger partial charge in [0.1, 0.15) is 0 Å². The van der Waals surface area contributed by atoms with Crippen molar-refractivity contribution >= 4 is 29.1 Å². The molecule has 22 heavy (non-hydrogen) atoms. The maximum Gasteiger partial charge on any atom is 0.253 e. The topological polar surface area (TPSA) is 29.5 Å². The third-order valence-corrected chi connectivity index (χ3v) is 5.59. The Morgan fingerprint density at radius 1 is 1.14 bits per heavy atom. The first-order chi connectivity index (χ1) is 10.6. The van der Waals surface area contributed by atoms with Crippen molar-refractivity contribution in [2.24, 2.45) is 11.8 Å². The summed E-state index contributed by atoms with van der Waals surface area (Å²) in [5.74, 6) is 1.91. The molecule has 2 aliphatic rings. The van der Waals surface area contributed by atoms with Crippen molar-refractivity contribution in [1.29, 1.82) is 0 Å². The van der Waals surface area contributed by atoms with Crippen LogP contribution in [-0.4, -0.2) is 31.0 Å². The molecule has 1 aromatic rings. The van der Waals surface area contributed by atoms with E-state index in [1.165, 1.54) is 32.8 Å². The number of hydrogen-bond donors (Lipinski definition) is 0. The highest BCUT2D eigenvalue weighted by Gasteiger charge is 2.33. The zero-order valence-electron chi connectivity index (χ0n) is 12.8. The Morgan fingerprint density at radius 3 is 2.41 bits per heavy atom. The molecule has 0 unspecified atom stereocenters. The van der Waals surface area contributed by atoms with Crippen molar-refractivity contribution in [2.45, 2.75) is 32.1 Å². The molecule has 1 saturated carbocycles. The van der Waals surface area contributed by atoms with Crippen LogP contribution in [0.15, 0.2) is 12.1 Å². The standard InChI is InChI=1S/C17H21Cl2NO2/c1-22-16-14(18)8-13(9-15(16)19)17(21)20-7-6-11-4-2-3-5-12(11)10-20/h8-9,11-12H,2-7,10H2,1H3/t11-,12-/m0/s1. The van der Waals surface area contributed by atoms with Crippen molar-refractivity contribution < 1.29 is 9.53 Å². The molecule has 5 heteroatoms. The van der Waals surface area contributed by atoms with E-state index in [0.717, 1.165) is 25.4 Å². The van der Waals surface area contributed by atoms with Gasteiger partial charge in [-0.15, -0.1) is 0 Å². The lowest BCUT2D eigenvalue weighted by Gasteiger charge is -2.41. The lowest BCUT2D eigenvalue weighted by Crippen LogP contribution is -2.44. The summed E-state index contributed by atoms with van der Waals surface area (Å²) in [5.41, 5.74) is 0.546. The Kier molecular flexibility index (Phi) is 4.84. The second kappa shape index (κ2) is 6.67. The molecular formula is C17H21Cl2NO2. The number of methoxy groups -OCH3 is 1. The van der Waals surface area contributed by atoms with Gasteiger partial charge in [0.15, 0.2) is 5.75 Å². The van der Waals surface area contributed by atoms with Crippen LogP contribution in [0.25, 0.3) is 0 Å². The Labute approximate surface area is 141 Å². The minimum Gasteiger partial charge on any atom is -0.494 e. The molecule has 1 aliphatic heterocycles. The highest BCUT2D eigenvalue weighted by Crippen LogP contribution is 2.38. The van der Waals surface area contributed by atoms with Crippen LogP contribution in [0.5, 0.6) is 5.75 Å². The van der Waals surface area contributed by atoms with Gasteiger partial charge < -0.3 is 9.64 Å². The third-order valence-electron chi connectivity index (χ3n) is 5.03. The molecule has 1 aromatic carbocycles. The number of nitrogens with zero attached hydrogens (tertiary/aromatic N) is 1. The van der Waals surface area contributed by atoms with E-state index >= 15 is 0 Å². The van der Waals surface area contributed by atoms with Crippen LogP contribution >= 0.6 is 23.2 Å². The SMILES string of the molecule is COc1c(Cl)cc(C(=O)N2CC[C@@H]3CCCC[C@H]3C2)cc1Cl. The molecule has 1 amide bonds. The van der Waals surface area contributed by atoms with Gasteiger partial charge in [-0.3, -0.25) is 4.79 Å².